The second-order valence-corrected chi connectivity index (χ2v) is 7.34. The minimum absolute atomic E-state index is 0.0616. The predicted octanol–water partition coefficient (Wildman–Crippen LogP) is 3.55. The van der Waals surface area contributed by atoms with Crippen LogP contribution in [0.4, 0.5) is 5.69 Å². The third kappa shape index (κ3) is 7.99. The fraction of sp³-hybridized carbons (Fsp3) is 0.304. The van der Waals surface area contributed by atoms with Crippen LogP contribution in [0.3, 0.4) is 0 Å². The molecular formula is C23H28N4O4S. The molecule has 0 unspecified atom stereocenters. The standard InChI is InChI=1S/C23H28N4O4S/c1-3-5-10-20(28)24-17-13-11-16(12-14-17)21(29)26-27-23(32)25-22(30)18-8-6-7-9-19(18)31-15-4-2/h6-9,11-14H,3-5,10,15H2,1-2H3,(H,24,28)(H,26,29)(H2,25,27,30,32). The zero-order valence-electron chi connectivity index (χ0n) is 18.2. The zero-order chi connectivity index (χ0) is 23.3. The number of amides is 3. The Bertz CT molecular complexity index is 947. The monoisotopic (exact) mass is 456 g/mol. The Morgan fingerprint density at radius 3 is 2.31 bits per heavy atom. The van der Waals surface area contributed by atoms with E-state index in [-0.39, 0.29) is 11.0 Å². The predicted molar refractivity (Wildman–Crippen MR) is 127 cm³/mol. The molecule has 8 nitrogen and oxygen atoms in total. The van der Waals surface area contributed by atoms with Gasteiger partial charge in [-0.2, -0.15) is 0 Å². The molecule has 2 aromatic carbocycles. The number of hydrazine groups is 1. The molecule has 2 rings (SSSR count). The topological polar surface area (TPSA) is 109 Å². The number of thiocarbonyl (C=S) groups is 1. The van der Waals surface area contributed by atoms with Crippen molar-refractivity contribution >= 4 is 40.7 Å². The number of nitrogens with one attached hydrogen (secondary N) is 4. The molecule has 0 saturated carbocycles. The maximum absolute atomic E-state index is 12.5. The Labute approximate surface area is 193 Å². The number of ether oxygens (including phenoxy) is 1. The molecule has 0 saturated heterocycles. The van der Waals surface area contributed by atoms with Gasteiger partial charge in [0.2, 0.25) is 5.91 Å². The van der Waals surface area contributed by atoms with Gasteiger partial charge in [-0.3, -0.25) is 30.6 Å². The van der Waals surface area contributed by atoms with Crippen LogP contribution < -0.4 is 26.2 Å². The normalized spacial score (nSPS) is 10.1. The number of hydrogen-bond donors (Lipinski definition) is 4. The molecule has 170 valence electrons. The lowest BCUT2D eigenvalue weighted by molar-refractivity contribution is -0.116. The van der Waals surface area contributed by atoms with Gasteiger partial charge < -0.3 is 10.1 Å². The second kappa shape index (κ2) is 13.1. The average molecular weight is 457 g/mol. The van der Waals surface area contributed by atoms with Crippen molar-refractivity contribution in [3.63, 3.8) is 0 Å². The van der Waals surface area contributed by atoms with Gasteiger partial charge in [-0.25, -0.2) is 0 Å². The molecule has 0 aliphatic carbocycles. The molecule has 0 heterocycles. The lowest BCUT2D eigenvalue weighted by Gasteiger charge is -2.13. The summed E-state index contributed by atoms with van der Waals surface area (Å²) >= 11 is 5.09. The van der Waals surface area contributed by atoms with Gasteiger partial charge in [0.15, 0.2) is 5.11 Å². The number of para-hydroxylation sites is 1. The van der Waals surface area contributed by atoms with Crippen molar-refractivity contribution in [2.45, 2.75) is 39.5 Å². The Balaban J connectivity index is 1.84. The Kier molecular flexibility index (Phi) is 10.1. The van der Waals surface area contributed by atoms with E-state index < -0.39 is 11.8 Å². The molecule has 0 aliphatic heterocycles. The first-order valence-corrected chi connectivity index (χ1v) is 10.9. The maximum atomic E-state index is 12.5. The number of carbonyl (C=O) groups is 3. The lowest BCUT2D eigenvalue weighted by Crippen LogP contribution is -2.48. The highest BCUT2D eigenvalue weighted by atomic mass is 32.1. The van der Waals surface area contributed by atoms with Crippen LogP contribution in [0.5, 0.6) is 5.75 Å². The first kappa shape index (κ1) is 24.8. The Hall–Kier alpha value is -3.46. The smallest absolute Gasteiger partial charge is 0.269 e. The van der Waals surface area contributed by atoms with Gasteiger partial charge in [0, 0.05) is 17.7 Å². The molecule has 0 spiro atoms. The van der Waals surface area contributed by atoms with Crippen molar-refractivity contribution in [3.05, 3.63) is 59.7 Å². The minimum Gasteiger partial charge on any atom is -0.493 e. The van der Waals surface area contributed by atoms with Crippen molar-refractivity contribution in [3.8, 4) is 5.75 Å². The van der Waals surface area contributed by atoms with E-state index in [2.05, 4.69) is 21.5 Å². The minimum atomic E-state index is -0.452. The molecule has 0 aliphatic rings. The number of anilines is 1. The number of rotatable bonds is 9. The number of carbonyl (C=O) groups excluding carboxylic acids is 3. The van der Waals surface area contributed by atoms with Gasteiger partial charge in [0.25, 0.3) is 11.8 Å². The summed E-state index contributed by atoms with van der Waals surface area (Å²) in [6, 6.07) is 13.3. The van der Waals surface area contributed by atoms with Crippen molar-refractivity contribution in [2.24, 2.45) is 0 Å². The Morgan fingerprint density at radius 1 is 0.906 bits per heavy atom. The molecule has 9 heteroatoms. The van der Waals surface area contributed by atoms with Crippen LogP contribution in [0.25, 0.3) is 0 Å². The first-order chi connectivity index (χ1) is 15.4. The largest absolute Gasteiger partial charge is 0.493 e. The van der Waals surface area contributed by atoms with E-state index in [0.29, 0.717) is 35.6 Å². The zero-order valence-corrected chi connectivity index (χ0v) is 19.0. The van der Waals surface area contributed by atoms with E-state index in [9.17, 15) is 14.4 Å². The third-order valence-electron chi connectivity index (χ3n) is 4.30. The summed E-state index contributed by atoms with van der Waals surface area (Å²) < 4.78 is 5.58. The van der Waals surface area contributed by atoms with E-state index in [0.717, 1.165) is 19.3 Å². The number of unbranched alkanes of at least 4 members (excludes halogenated alkanes) is 1. The summed E-state index contributed by atoms with van der Waals surface area (Å²) in [6.07, 6.45) is 3.04. The van der Waals surface area contributed by atoms with Crippen LogP contribution in [-0.4, -0.2) is 29.4 Å². The molecular weight excluding hydrogens is 428 g/mol. The fourth-order valence-corrected chi connectivity index (χ4v) is 2.79. The summed E-state index contributed by atoms with van der Waals surface area (Å²) in [5.41, 5.74) is 6.24. The van der Waals surface area contributed by atoms with Crippen molar-refractivity contribution in [1.82, 2.24) is 16.2 Å². The lowest BCUT2D eigenvalue weighted by atomic mass is 10.2. The summed E-state index contributed by atoms with van der Waals surface area (Å²) in [5, 5.41) is 5.23. The van der Waals surface area contributed by atoms with Gasteiger partial charge in [-0.15, -0.1) is 0 Å². The van der Waals surface area contributed by atoms with E-state index in [1.54, 1.807) is 48.5 Å². The van der Waals surface area contributed by atoms with Gasteiger partial charge in [-0.05, 0) is 61.5 Å². The fourth-order valence-electron chi connectivity index (χ4n) is 2.65. The second-order valence-electron chi connectivity index (χ2n) is 6.94. The van der Waals surface area contributed by atoms with Gasteiger partial charge in [0.1, 0.15) is 5.75 Å². The molecule has 32 heavy (non-hydrogen) atoms. The van der Waals surface area contributed by atoms with E-state index >= 15 is 0 Å². The van der Waals surface area contributed by atoms with Crippen LogP contribution in [-0.2, 0) is 4.79 Å². The third-order valence-corrected chi connectivity index (χ3v) is 4.50. The van der Waals surface area contributed by atoms with E-state index in [1.807, 2.05) is 13.8 Å². The van der Waals surface area contributed by atoms with Crippen LogP contribution in [0.2, 0.25) is 0 Å². The molecule has 2 aromatic rings. The summed E-state index contributed by atoms with van der Waals surface area (Å²) in [5.74, 6) is -0.502. The van der Waals surface area contributed by atoms with E-state index in [4.69, 9.17) is 17.0 Å². The Morgan fingerprint density at radius 2 is 1.62 bits per heavy atom. The quantitative estimate of drug-likeness (QED) is 0.339. The molecule has 0 fully saturated rings. The van der Waals surface area contributed by atoms with Gasteiger partial charge >= 0.3 is 0 Å². The van der Waals surface area contributed by atoms with Crippen LogP contribution in [0.15, 0.2) is 48.5 Å². The van der Waals surface area contributed by atoms with Crippen molar-refractivity contribution in [2.75, 3.05) is 11.9 Å². The molecule has 4 N–H and O–H groups in total. The highest BCUT2D eigenvalue weighted by molar-refractivity contribution is 7.80. The maximum Gasteiger partial charge on any atom is 0.269 e. The van der Waals surface area contributed by atoms with Crippen LogP contribution in [0, 0.1) is 0 Å². The summed E-state index contributed by atoms with van der Waals surface area (Å²) in [7, 11) is 0. The molecule has 0 bridgehead atoms. The van der Waals surface area contributed by atoms with Gasteiger partial charge in [-0.1, -0.05) is 32.4 Å². The first-order valence-electron chi connectivity index (χ1n) is 10.5. The van der Waals surface area contributed by atoms with Gasteiger partial charge in [0.05, 0.1) is 12.2 Å². The highest BCUT2D eigenvalue weighted by Gasteiger charge is 2.14. The van der Waals surface area contributed by atoms with E-state index in [1.165, 1.54) is 0 Å². The average Bonchev–Trinajstić information content (AvgIpc) is 2.80. The number of hydrogen-bond acceptors (Lipinski definition) is 5. The SMILES string of the molecule is CCCCC(=O)Nc1ccc(C(=O)NNC(=S)NC(=O)c2ccccc2OCCC)cc1. The highest BCUT2D eigenvalue weighted by Crippen LogP contribution is 2.18. The summed E-state index contributed by atoms with van der Waals surface area (Å²) in [6.45, 7) is 4.48. The molecule has 0 radical (unpaired) electrons. The van der Waals surface area contributed by atoms with Crippen molar-refractivity contribution < 1.29 is 19.1 Å². The molecule has 0 atom stereocenters. The van der Waals surface area contributed by atoms with Crippen LogP contribution in [0.1, 0.15) is 60.2 Å². The van der Waals surface area contributed by atoms with Crippen molar-refractivity contribution in [1.29, 1.82) is 0 Å². The molecule has 3 amide bonds. The van der Waals surface area contributed by atoms with Crippen LogP contribution >= 0.6 is 12.2 Å². The number of benzene rings is 2. The molecule has 0 aromatic heterocycles. The summed E-state index contributed by atoms with van der Waals surface area (Å²) in [4.78, 5) is 36.6.